The highest BCUT2D eigenvalue weighted by Gasteiger charge is 2.33. The number of nitrogens with two attached hydrogens (primary N) is 2. The number of hydrogen-bond donors (Lipinski definition) is 2. The van der Waals surface area contributed by atoms with Crippen LogP contribution in [0.25, 0.3) is 11.3 Å². The number of aromatic nitrogens is 3. The third kappa shape index (κ3) is 4.92. The van der Waals surface area contributed by atoms with Crippen LogP contribution in [0.2, 0.25) is 0 Å². The first-order valence-electron chi connectivity index (χ1n) is 8.65. The van der Waals surface area contributed by atoms with E-state index >= 15 is 0 Å². The van der Waals surface area contributed by atoms with Crippen LogP contribution < -0.4 is 11.5 Å². The summed E-state index contributed by atoms with van der Waals surface area (Å²) >= 11 is 0. The van der Waals surface area contributed by atoms with E-state index in [-0.39, 0.29) is 16.4 Å². The number of hydrogen-bond acceptors (Lipinski definition) is 7. The summed E-state index contributed by atoms with van der Waals surface area (Å²) in [7, 11) is -3.39. The Morgan fingerprint density at radius 1 is 1.03 bits per heavy atom. The summed E-state index contributed by atoms with van der Waals surface area (Å²) in [6.45, 7) is 1.62. The number of nitrogen functional groups attached to an aromatic ring is 2. The summed E-state index contributed by atoms with van der Waals surface area (Å²) in [5.74, 6) is 4.72. The van der Waals surface area contributed by atoms with Crippen LogP contribution in [0.15, 0.2) is 41.4 Å². The SMILES string of the molecule is Cc1nc(N)nc(-c2ccc(S(C)(=O)=O)cc2)c1C#Cc1cnc(N)c(C(F)(F)F)c1. The molecule has 0 atom stereocenters. The van der Waals surface area contributed by atoms with Crippen LogP contribution in [0.5, 0.6) is 0 Å². The molecule has 3 rings (SSSR count). The van der Waals surface area contributed by atoms with Gasteiger partial charge < -0.3 is 11.5 Å². The van der Waals surface area contributed by atoms with Crippen molar-refractivity contribution in [1.29, 1.82) is 0 Å². The fourth-order valence-corrected chi connectivity index (χ4v) is 3.35. The summed E-state index contributed by atoms with van der Waals surface area (Å²) < 4.78 is 62.5. The number of pyridine rings is 1. The fourth-order valence-electron chi connectivity index (χ4n) is 2.72. The van der Waals surface area contributed by atoms with Gasteiger partial charge in [0.2, 0.25) is 5.95 Å². The molecule has 0 radical (unpaired) electrons. The molecule has 0 aliphatic heterocycles. The normalized spacial score (nSPS) is 11.6. The van der Waals surface area contributed by atoms with Gasteiger partial charge in [0.05, 0.1) is 27.4 Å². The molecule has 3 aromatic rings. The van der Waals surface area contributed by atoms with Crippen molar-refractivity contribution in [2.24, 2.45) is 0 Å². The minimum absolute atomic E-state index is 0.00359. The van der Waals surface area contributed by atoms with Gasteiger partial charge in [-0.25, -0.2) is 23.4 Å². The van der Waals surface area contributed by atoms with Crippen molar-refractivity contribution in [3.05, 3.63) is 58.9 Å². The average molecular weight is 447 g/mol. The van der Waals surface area contributed by atoms with Crippen molar-refractivity contribution in [3.63, 3.8) is 0 Å². The zero-order chi connectivity index (χ0) is 23.0. The van der Waals surface area contributed by atoms with Crippen LogP contribution in [0.3, 0.4) is 0 Å². The van der Waals surface area contributed by atoms with Gasteiger partial charge in [-0.15, -0.1) is 0 Å². The zero-order valence-corrected chi connectivity index (χ0v) is 17.1. The predicted octanol–water partition coefficient (Wildman–Crippen LogP) is 2.83. The molecule has 0 unspecified atom stereocenters. The van der Waals surface area contributed by atoms with Gasteiger partial charge in [0.25, 0.3) is 0 Å². The smallest absolute Gasteiger partial charge is 0.383 e. The maximum atomic E-state index is 13.1. The van der Waals surface area contributed by atoms with E-state index in [1.807, 2.05) is 0 Å². The number of sulfone groups is 1. The quantitative estimate of drug-likeness (QED) is 0.579. The second-order valence-electron chi connectivity index (χ2n) is 6.59. The standard InChI is InChI=1S/C20H16F3N5O2S/c1-11-15(8-3-12-9-16(20(21,22)23)18(24)26-10-12)17(28-19(25)27-11)13-4-6-14(7-5-13)31(2,29)30/h4-7,9-10H,1-2H3,(H2,24,26)(H2,25,27,28). The number of aryl methyl sites for hydroxylation is 1. The van der Waals surface area contributed by atoms with Gasteiger partial charge in [0.1, 0.15) is 5.82 Å². The van der Waals surface area contributed by atoms with Crippen molar-refractivity contribution in [2.75, 3.05) is 17.7 Å². The van der Waals surface area contributed by atoms with Gasteiger partial charge >= 0.3 is 6.18 Å². The van der Waals surface area contributed by atoms with Gasteiger partial charge in [-0.05, 0) is 25.1 Å². The third-order valence-electron chi connectivity index (χ3n) is 4.22. The number of benzene rings is 1. The Hall–Kier alpha value is -3.65. The topological polar surface area (TPSA) is 125 Å². The summed E-state index contributed by atoms with van der Waals surface area (Å²) in [5.41, 5.74) is 11.5. The number of rotatable bonds is 2. The third-order valence-corrected chi connectivity index (χ3v) is 5.35. The molecule has 0 fully saturated rings. The lowest BCUT2D eigenvalue weighted by molar-refractivity contribution is -0.137. The number of halogens is 3. The zero-order valence-electron chi connectivity index (χ0n) is 16.3. The van der Waals surface area contributed by atoms with Crippen LogP contribution in [0.1, 0.15) is 22.4 Å². The Labute approximate surface area is 176 Å². The second-order valence-corrected chi connectivity index (χ2v) is 8.61. The second kappa shape index (κ2) is 7.88. The van der Waals surface area contributed by atoms with Crippen molar-refractivity contribution in [1.82, 2.24) is 15.0 Å². The maximum Gasteiger partial charge on any atom is 0.419 e. The van der Waals surface area contributed by atoms with Gasteiger partial charge in [-0.1, -0.05) is 24.0 Å². The van der Waals surface area contributed by atoms with E-state index in [1.54, 1.807) is 6.92 Å². The summed E-state index contributed by atoms with van der Waals surface area (Å²) in [6, 6.07) is 6.71. The van der Waals surface area contributed by atoms with E-state index in [4.69, 9.17) is 11.5 Å². The summed E-state index contributed by atoms with van der Waals surface area (Å²) in [6.07, 6.45) is -2.45. The molecule has 11 heteroatoms. The maximum absolute atomic E-state index is 13.1. The first-order valence-corrected chi connectivity index (χ1v) is 10.5. The molecule has 2 aromatic heterocycles. The van der Waals surface area contributed by atoms with Gasteiger partial charge in [0, 0.05) is 23.6 Å². The lowest BCUT2D eigenvalue weighted by Gasteiger charge is -2.09. The number of anilines is 2. The highest BCUT2D eigenvalue weighted by Crippen LogP contribution is 2.33. The van der Waals surface area contributed by atoms with Gasteiger partial charge in [-0.2, -0.15) is 13.2 Å². The molecular weight excluding hydrogens is 431 g/mol. The number of nitrogens with zero attached hydrogens (tertiary/aromatic N) is 3. The predicted molar refractivity (Wildman–Crippen MR) is 109 cm³/mol. The Bertz CT molecular complexity index is 1330. The Balaban J connectivity index is 2.11. The molecule has 0 bridgehead atoms. The van der Waals surface area contributed by atoms with E-state index in [2.05, 4.69) is 26.8 Å². The number of alkyl halides is 3. The molecule has 31 heavy (non-hydrogen) atoms. The van der Waals surface area contributed by atoms with Gasteiger partial charge in [-0.3, -0.25) is 0 Å². The summed E-state index contributed by atoms with van der Waals surface area (Å²) in [5, 5.41) is 0. The monoisotopic (exact) mass is 447 g/mol. The molecular formula is C20H16F3N5O2S. The average Bonchev–Trinajstić information content (AvgIpc) is 2.66. The first-order chi connectivity index (χ1) is 14.4. The molecule has 2 heterocycles. The lowest BCUT2D eigenvalue weighted by atomic mass is 10.0. The van der Waals surface area contributed by atoms with Gasteiger partial charge in [0.15, 0.2) is 9.84 Å². The molecule has 0 aliphatic carbocycles. The molecule has 160 valence electrons. The van der Waals surface area contributed by atoms with Crippen LogP contribution in [0.4, 0.5) is 24.9 Å². The van der Waals surface area contributed by atoms with Crippen LogP contribution >= 0.6 is 0 Å². The minimum atomic E-state index is -4.67. The van der Waals surface area contributed by atoms with E-state index in [0.29, 0.717) is 22.5 Å². The molecule has 4 N–H and O–H groups in total. The van der Waals surface area contributed by atoms with E-state index < -0.39 is 27.4 Å². The molecule has 0 amide bonds. The Morgan fingerprint density at radius 2 is 1.68 bits per heavy atom. The first kappa shape index (κ1) is 22.0. The van der Waals surface area contributed by atoms with Crippen molar-refractivity contribution in [2.45, 2.75) is 18.0 Å². The van der Waals surface area contributed by atoms with Crippen molar-refractivity contribution >= 4 is 21.6 Å². The van der Waals surface area contributed by atoms with Crippen molar-refractivity contribution < 1.29 is 21.6 Å². The molecule has 1 aromatic carbocycles. The Morgan fingerprint density at radius 3 is 2.26 bits per heavy atom. The molecule has 0 saturated carbocycles. The molecule has 0 saturated heterocycles. The highest BCUT2D eigenvalue weighted by atomic mass is 32.2. The largest absolute Gasteiger partial charge is 0.419 e. The van der Waals surface area contributed by atoms with E-state index in [9.17, 15) is 21.6 Å². The van der Waals surface area contributed by atoms with Crippen LogP contribution in [-0.4, -0.2) is 29.6 Å². The van der Waals surface area contributed by atoms with Crippen LogP contribution in [0, 0.1) is 18.8 Å². The molecule has 0 spiro atoms. The summed E-state index contributed by atoms with van der Waals surface area (Å²) in [4.78, 5) is 11.9. The lowest BCUT2D eigenvalue weighted by Crippen LogP contribution is -2.10. The highest BCUT2D eigenvalue weighted by molar-refractivity contribution is 7.90. The van der Waals surface area contributed by atoms with Crippen LogP contribution in [-0.2, 0) is 16.0 Å². The molecule has 7 nitrogen and oxygen atoms in total. The van der Waals surface area contributed by atoms with Crippen molar-refractivity contribution in [3.8, 4) is 23.1 Å². The fraction of sp³-hybridized carbons (Fsp3) is 0.150. The Kier molecular flexibility index (Phi) is 5.61. The minimum Gasteiger partial charge on any atom is -0.383 e. The van der Waals surface area contributed by atoms with E-state index in [0.717, 1.165) is 18.5 Å². The molecule has 0 aliphatic rings. The van der Waals surface area contributed by atoms with E-state index in [1.165, 1.54) is 24.3 Å².